The van der Waals surface area contributed by atoms with E-state index in [9.17, 15) is 0 Å². The van der Waals surface area contributed by atoms with E-state index in [1.165, 1.54) is 58.0 Å². The summed E-state index contributed by atoms with van der Waals surface area (Å²) in [5.74, 6) is 1.55. The summed E-state index contributed by atoms with van der Waals surface area (Å²) < 4.78 is 5.40. The first-order valence-electron chi connectivity index (χ1n) is 10.7. The number of nitrogens with two attached hydrogens (primary N) is 1. The van der Waals surface area contributed by atoms with Gasteiger partial charge in [0.15, 0.2) is 12.2 Å². The fraction of sp³-hybridized carbons (Fsp3) is 1.00. The van der Waals surface area contributed by atoms with Crippen LogP contribution in [-0.4, -0.2) is 59.1 Å². The lowest BCUT2D eigenvalue weighted by molar-refractivity contribution is -0.249. The monoisotopic (exact) mass is 336 g/mol. The Hall–Kier alpha value is -0.160. The third-order valence-electron chi connectivity index (χ3n) is 7.72. The van der Waals surface area contributed by atoms with E-state index in [-0.39, 0.29) is 0 Å². The Balaban J connectivity index is 1.45. The summed E-state index contributed by atoms with van der Waals surface area (Å²) in [6.07, 6.45) is 11.6. The lowest BCUT2D eigenvalue weighted by Crippen LogP contribution is -2.70. The van der Waals surface area contributed by atoms with Crippen molar-refractivity contribution in [2.24, 2.45) is 17.6 Å². The summed E-state index contributed by atoms with van der Waals surface area (Å²) >= 11 is 0. The smallest absolute Gasteiger partial charge is 0.172 e. The molecule has 4 rings (SSSR count). The summed E-state index contributed by atoms with van der Waals surface area (Å²) in [5, 5.41) is 4.10. The Bertz CT molecular complexity index is 427. The molecule has 4 nitrogen and oxygen atoms in total. The number of aliphatic hydroxyl groups is 2. The zero-order chi connectivity index (χ0) is 16.7. The highest BCUT2D eigenvalue weighted by Gasteiger charge is 2.53. The molecule has 138 valence electrons. The first-order chi connectivity index (χ1) is 11.7. The van der Waals surface area contributed by atoms with Gasteiger partial charge in [0.1, 0.15) is 0 Å². The van der Waals surface area contributed by atoms with Crippen molar-refractivity contribution in [3.63, 3.8) is 0 Å². The zero-order valence-electron chi connectivity index (χ0n) is 15.7. The lowest BCUT2D eigenvalue weighted by Gasteiger charge is -2.53. The summed E-state index contributed by atoms with van der Waals surface area (Å²) in [4.78, 5) is 2.64. The van der Waals surface area contributed by atoms with E-state index in [2.05, 4.69) is 24.1 Å². The normalized spacial score (nSPS) is 48.5. The molecular weight excluding hydrogens is 298 g/mol. The molecule has 3 aliphatic carbocycles. The van der Waals surface area contributed by atoms with Crippen LogP contribution in [0, 0.1) is 11.8 Å². The molecule has 0 aromatic rings. The van der Waals surface area contributed by atoms with Crippen molar-refractivity contribution >= 4 is 0 Å². The first-order valence-corrected chi connectivity index (χ1v) is 10.7. The number of fused-ring (bicyclic) bond motifs is 4. The predicted molar refractivity (Wildman–Crippen MR) is 99.1 cm³/mol. The minimum Gasteiger partial charge on any atom is -0.427 e. The molecule has 8 unspecified atom stereocenters. The largest absolute Gasteiger partial charge is 0.427 e. The Kier molecular flexibility index (Phi) is 5.19. The third kappa shape index (κ3) is 3.04. The maximum absolute atomic E-state index is 6.59. The van der Waals surface area contributed by atoms with Crippen LogP contribution in [0.25, 0.3) is 0 Å². The van der Waals surface area contributed by atoms with E-state index in [0.717, 1.165) is 24.3 Å². The van der Waals surface area contributed by atoms with Crippen LogP contribution >= 0.6 is 0 Å². The molecule has 4 heteroatoms. The van der Waals surface area contributed by atoms with Gasteiger partial charge in [-0.2, -0.15) is 0 Å². The molecule has 1 saturated heterocycles. The highest BCUT2D eigenvalue weighted by molar-refractivity contribution is 5.05. The van der Waals surface area contributed by atoms with Crippen LogP contribution in [0.15, 0.2) is 0 Å². The van der Waals surface area contributed by atoms with Crippen molar-refractivity contribution in [1.29, 1.82) is 0 Å². The van der Waals surface area contributed by atoms with Crippen molar-refractivity contribution < 1.29 is 4.74 Å². The van der Waals surface area contributed by atoms with Crippen molar-refractivity contribution in [2.75, 3.05) is 13.1 Å². The number of nitrogens with one attached hydrogen (secondary N) is 1. The lowest BCUT2D eigenvalue weighted by atomic mass is 9.64. The summed E-state index contributed by atoms with van der Waals surface area (Å²) in [5.41, 5.74) is 6.59. The minimum atomic E-state index is 0.390. The van der Waals surface area contributed by atoms with Crippen LogP contribution in [0.2, 0.25) is 0 Å². The molecule has 0 spiro atoms. The fourth-order valence-corrected chi connectivity index (χ4v) is 6.49. The van der Waals surface area contributed by atoms with Crippen LogP contribution in [0.4, 0.5) is 0 Å². The van der Waals surface area contributed by atoms with Gasteiger partial charge in [0, 0.05) is 24.9 Å². The molecular formula is C20H38N3O+. The van der Waals surface area contributed by atoms with E-state index < -0.39 is 0 Å². The van der Waals surface area contributed by atoms with Gasteiger partial charge in [-0.25, -0.2) is 0 Å². The molecule has 4 aliphatic rings. The SMILES string of the molecule is CCN(CC)C1CCC2NC3C(CC(N)C4CCCCC43)[OH+]C2C1. The van der Waals surface area contributed by atoms with Crippen LogP contribution in [0.1, 0.15) is 65.2 Å². The quantitative estimate of drug-likeness (QED) is 0.775. The van der Waals surface area contributed by atoms with Crippen LogP contribution in [0.5, 0.6) is 0 Å². The predicted octanol–water partition coefficient (Wildman–Crippen LogP) is 2.02. The molecule has 8 atom stereocenters. The van der Waals surface area contributed by atoms with Crippen molar-refractivity contribution in [2.45, 2.75) is 102 Å². The van der Waals surface area contributed by atoms with Crippen molar-refractivity contribution in [1.82, 2.24) is 10.2 Å². The average molecular weight is 337 g/mol. The molecule has 1 heterocycles. The van der Waals surface area contributed by atoms with E-state index in [4.69, 9.17) is 10.5 Å². The highest BCUT2D eigenvalue weighted by Crippen LogP contribution is 2.43. The van der Waals surface area contributed by atoms with E-state index in [1.54, 1.807) is 0 Å². The molecule has 0 radical (unpaired) electrons. The van der Waals surface area contributed by atoms with Gasteiger partial charge in [0.25, 0.3) is 0 Å². The fourth-order valence-electron chi connectivity index (χ4n) is 6.49. The summed E-state index contributed by atoms with van der Waals surface area (Å²) in [6, 6.07) is 2.39. The molecule has 0 aromatic heterocycles. The Morgan fingerprint density at radius 1 is 0.958 bits per heavy atom. The van der Waals surface area contributed by atoms with Gasteiger partial charge >= 0.3 is 0 Å². The van der Waals surface area contributed by atoms with Crippen molar-refractivity contribution in [3.8, 4) is 0 Å². The Morgan fingerprint density at radius 3 is 2.46 bits per heavy atom. The van der Waals surface area contributed by atoms with Gasteiger partial charge < -0.3 is 15.4 Å². The van der Waals surface area contributed by atoms with E-state index >= 15 is 0 Å². The number of ether oxygens (including phenoxy) is 1. The Labute approximate surface area is 147 Å². The molecule has 0 bridgehead atoms. The molecule has 4 N–H and O–H groups in total. The maximum atomic E-state index is 6.59. The van der Waals surface area contributed by atoms with Crippen molar-refractivity contribution in [3.05, 3.63) is 0 Å². The number of nitrogens with zero attached hydrogens (tertiary/aromatic N) is 1. The van der Waals surface area contributed by atoms with E-state index in [1.807, 2.05) is 0 Å². The van der Waals surface area contributed by atoms with Crippen LogP contribution < -0.4 is 11.1 Å². The average Bonchev–Trinajstić information content (AvgIpc) is 2.62. The van der Waals surface area contributed by atoms with Gasteiger partial charge in [-0.1, -0.05) is 26.7 Å². The second kappa shape index (κ2) is 7.22. The van der Waals surface area contributed by atoms with Gasteiger partial charge in [0.2, 0.25) is 0 Å². The van der Waals surface area contributed by atoms with Gasteiger partial charge in [-0.15, -0.1) is 0 Å². The van der Waals surface area contributed by atoms with Gasteiger partial charge in [-0.3, -0.25) is 5.32 Å². The highest BCUT2D eigenvalue weighted by atomic mass is 16.5. The molecule has 0 aromatic carbocycles. The number of hydrogen-bond donors (Lipinski definition) is 2. The topological polar surface area (TPSA) is 54.1 Å². The molecule has 4 fully saturated rings. The first kappa shape index (κ1) is 17.3. The second-order valence-electron chi connectivity index (χ2n) is 8.78. The maximum Gasteiger partial charge on any atom is 0.172 e. The van der Waals surface area contributed by atoms with Crippen LogP contribution in [-0.2, 0) is 0 Å². The van der Waals surface area contributed by atoms with Gasteiger partial charge in [-0.05, 0) is 50.6 Å². The van der Waals surface area contributed by atoms with E-state index in [0.29, 0.717) is 30.3 Å². The molecule has 1 aliphatic heterocycles. The second-order valence-corrected chi connectivity index (χ2v) is 8.78. The summed E-state index contributed by atoms with van der Waals surface area (Å²) in [7, 11) is 0. The number of morpholine rings is 1. The Morgan fingerprint density at radius 2 is 1.71 bits per heavy atom. The number of rotatable bonds is 3. The molecule has 3 saturated carbocycles. The standard InChI is InChI=1S/C20H37N3O/c1-3-23(4-2)13-9-10-17-18(11-13)24-19-12-16(21)14-7-5-6-8-15(14)20(19)22-17/h13-20,22H,3-12,21H2,1-2H3/p+1. The molecule has 24 heavy (non-hydrogen) atoms. The minimum absolute atomic E-state index is 0.390. The molecule has 0 amide bonds. The number of hydrogen-bond acceptors (Lipinski definition) is 3. The summed E-state index contributed by atoms with van der Waals surface area (Å²) in [6.45, 7) is 6.94. The van der Waals surface area contributed by atoms with Gasteiger partial charge in [0.05, 0.1) is 12.1 Å². The van der Waals surface area contributed by atoms with Crippen LogP contribution in [0.3, 0.4) is 0 Å². The third-order valence-corrected chi connectivity index (χ3v) is 7.72. The zero-order valence-corrected chi connectivity index (χ0v) is 15.7.